The van der Waals surface area contributed by atoms with Crippen molar-refractivity contribution in [3.63, 3.8) is 0 Å². The lowest BCUT2D eigenvalue weighted by atomic mass is 10.3. The second kappa shape index (κ2) is 6.62. The number of rotatable bonds is 5. The molecule has 0 saturated heterocycles. The quantitative estimate of drug-likeness (QED) is 0.766. The van der Waals surface area contributed by atoms with Crippen molar-refractivity contribution < 1.29 is 9.90 Å². The Hall–Kier alpha value is -0.910. The zero-order chi connectivity index (χ0) is 12.0. The number of para-hydroxylation sites is 1. The molecule has 0 fully saturated rings. The van der Waals surface area contributed by atoms with Gasteiger partial charge in [0, 0.05) is 11.0 Å². The van der Waals surface area contributed by atoms with E-state index in [1.54, 1.807) is 6.92 Å². The van der Waals surface area contributed by atoms with E-state index in [0.29, 0.717) is 6.54 Å². The minimum atomic E-state index is -0.448. The molecule has 1 atom stereocenters. The number of aliphatic hydroxyl groups is 1. The van der Waals surface area contributed by atoms with Crippen LogP contribution in [-0.2, 0) is 4.79 Å². The smallest absolute Gasteiger partial charge is 0.238 e. The summed E-state index contributed by atoms with van der Waals surface area (Å²) < 4.78 is 0.846. The topological polar surface area (TPSA) is 61.4 Å². The Bertz CT molecular complexity index is 356. The average molecular weight is 287 g/mol. The first-order valence-corrected chi connectivity index (χ1v) is 5.82. The van der Waals surface area contributed by atoms with E-state index in [4.69, 9.17) is 5.11 Å². The Morgan fingerprint density at radius 1 is 1.50 bits per heavy atom. The highest BCUT2D eigenvalue weighted by atomic mass is 79.9. The molecule has 0 saturated carbocycles. The molecule has 0 aliphatic carbocycles. The second-order valence-corrected chi connectivity index (χ2v) is 4.36. The number of aliphatic hydroxyl groups excluding tert-OH is 1. The first kappa shape index (κ1) is 13.2. The number of hydrogen-bond donors (Lipinski definition) is 3. The molecule has 1 rings (SSSR count). The highest BCUT2D eigenvalue weighted by Crippen LogP contribution is 2.20. The molecule has 0 aromatic heterocycles. The maximum atomic E-state index is 11.5. The van der Waals surface area contributed by atoms with Crippen LogP contribution in [0.15, 0.2) is 28.7 Å². The zero-order valence-corrected chi connectivity index (χ0v) is 10.6. The summed E-state index contributed by atoms with van der Waals surface area (Å²) >= 11 is 3.34. The Balaban J connectivity index is 2.37. The van der Waals surface area contributed by atoms with Crippen LogP contribution in [0.4, 0.5) is 5.69 Å². The second-order valence-electron chi connectivity index (χ2n) is 3.51. The number of nitrogens with one attached hydrogen (secondary N) is 2. The molecule has 1 aromatic rings. The summed E-state index contributed by atoms with van der Waals surface area (Å²) in [6.07, 6.45) is -0.448. The Morgan fingerprint density at radius 2 is 2.19 bits per heavy atom. The summed E-state index contributed by atoms with van der Waals surface area (Å²) in [5, 5.41) is 14.6. The maximum absolute atomic E-state index is 11.5. The van der Waals surface area contributed by atoms with Crippen molar-refractivity contribution in [2.75, 3.05) is 18.4 Å². The average Bonchev–Trinajstić information content (AvgIpc) is 2.21. The normalized spacial score (nSPS) is 12.2. The van der Waals surface area contributed by atoms with Crippen molar-refractivity contribution in [2.45, 2.75) is 13.0 Å². The molecule has 0 radical (unpaired) electrons. The molecule has 1 aromatic carbocycles. The highest BCUT2D eigenvalue weighted by molar-refractivity contribution is 9.10. The molecule has 5 heteroatoms. The minimum Gasteiger partial charge on any atom is -0.392 e. The van der Waals surface area contributed by atoms with E-state index in [2.05, 4.69) is 26.6 Å². The lowest BCUT2D eigenvalue weighted by molar-refractivity contribution is -0.115. The van der Waals surface area contributed by atoms with Crippen molar-refractivity contribution in [3.8, 4) is 0 Å². The summed E-state index contributed by atoms with van der Waals surface area (Å²) in [6, 6.07) is 7.41. The predicted octanol–water partition coefficient (Wildman–Crippen LogP) is 1.36. The molecule has 0 spiro atoms. The highest BCUT2D eigenvalue weighted by Gasteiger charge is 2.04. The number of anilines is 1. The van der Waals surface area contributed by atoms with Crippen molar-refractivity contribution in [2.24, 2.45) is 0 Å². The number of benzene rings is 1. The van der Waals surface area contributed by atoms with Crippen LogP contribution in [0.1, 0.15) is 6.92 Å². The fourth-order valence-corrected chi connectivity index (χ4v) is 1.54. The largest absolute Gasteiger partial charge is 0.392 e. The first-order valence-electron chi connectivity index (χ1n) is 5.02. The maximum Gasteiger partial charge on any atom is 0.238 e. The fourth-order valence-electron chi connectivity index (χ4n) is 1.15. The molecule has 0 aliphatic rings. The standard InChI is InChI=1S/C11H15BrN2O2/c1-8(15)6-13-7-11(16)14-10-5-3-2-4-9(10)12/h2-5,8,13,15H,6-7H2,1H3,(H,14,16). The van der Waals surface area contributed by atoms with Crippen molar-refractivity contribution in [3.05, 3.63) is 28.7 Å². The molecule has 0 heterocycles. The van der Waals surface area contributed by atoms with E-state index in [-0.39, 0.29) is 12.5 Å². The van der Waals surface area contributed by atoms with E-state index in [9.17, 15) is 4.79 Å². The van der Waals surface area contributed by atoms with Gasteiger partial charge in [-0.05, 0) is 35.0 Å². The molecule has 4 nitrogen and oxygen atoms in total. The van der Waals surface area contributed by atoms with Gasteiger partial charge in [-0.15, -0.1) is 0 Å². The van der Waals surface area contributed by atoms with Crippen LogP contribution in [0.25, 0.3) is 0 Å². The van der Waals surface area contributed by atoms with Crippen molar-refractivity contribution >= 4 is 27.5 Å². The molecule has 3 N–H and O–H groups in total. The predicted molar refractivity (Wildman–Crippen MR) is 67.3 cm³/mol. The van der Waals surface area contributed by atoms with E-state index < -0.39 is 6.10 Å². The number of amides is 1. The van der Waals surface area contributed by atoms with Crippen LogP contribution in [0.3, 0.4) is 0 Å². The summed E-state index contributed by atoms with van der Waals surface area (Å²) in [6.45, 7) is 2.26. The Labute approximate surface area is 103 Å². The lowest BCUT2D eigenvalue weighted by Crippen LogP contribution is -2.32. The molecular formula is C11H15BrN2O2. The van der Waals surface area contributed by atoms with Crippen molar-refractivity contribution in [1.29, 1.82) is 0 Å². The molecule has 88 valence electrons. The molecule has 0 aliphatic heterocycles. The summed E-state index contributed by atoms with van der Waals surface area (Å²) in [4.78, 5) is 11.5. The monoisotopic (exact) mass is 286 g/mol. The van der Waals surface area contributed by atoms with Gasteiger partial charge in [-0.25, -0.2) is 0 Å². The molecule has 1 amide bonds. The number of carbonyl (C=O) groups is 1. The van der Waals surface area contributed by atoms with Crippen LogP contribution in [-0.4, -0.2) is 30.2 Å². The number of carbonyl (C=O) groups excluding carboxylic acids is 1. The molecule has 16 heavy (non-hydrogen) atoms. The van der Waals surface area contributed by atoms with E-state index in [1.807, 2.05) is 24.3 Å². The molecule has 1 unspecified atom stereocenters. The number of hydrogen-bond acceptors (Lipinski definition) is 3. The zero-order valence-electron chi connectivity index (χ0n) is 9.03. The van der Waals surface area contributed by atoms with Gasteiger partial charge in [0.25, 0.3) is 0 Å². The molecular weight excluding hydrogens is 272 g/mol. The first-order chi connectivity index (χ1) is 7.59. The minimum absolute atomic E-state index is 0.132. The van der Waals surface area contributed by atoms with Crippen LogP contribution >= 0.6 is 15.9 Å². The van der Waals surface area contributed by atoms with Crippen LogP contribution in [0.5, 0.6) is 0 Å². The van der Waals surface area contributed by atoms with Crippen LogP contribution < -0.4 is 10.6 Å². The summed E-state index contributed by atoms with van der Waals surface area (Å²) in [5.41, 5.74) is 0.742. The van der Waals surface area contributed by atoms with Gasteiger partial charge in [0.05, 0.1) is 18.3 Å². The van der Waals surface area contributed by atoms with Gasteiger partial charge in [-0.3, -0.25) is 4.79 Å². The Kier molecular flexibility index (Phi) is 5.45. The van der Waals surface area contributed by atoms with Crippen LogP contribution in [0.2, 0.25) is 0 Å². The number of halogens is 1. The van der Waals surface area contributed by atoms with Gasteiger partial charge < -0.3 is 15.7 Å². The van der Waals surface area contributed by atoms with Gasteiger partial charge in [0.15, 0.2) is 0 Å². The molecule has 0 bridgehead atoms. The third-order valence-corrected chi connectivity index (χ3v) is 2.56. The lowest BCUT2D eigenvalue weighted by Gasteiger charge is -2.09. The van der Waals surface area contributed by atoms with E-state index in [0.717, 1.165) is 10.2 Å². The van der Waals surface area contributed by atoms with Gasteiger partial charge in [0.1, 0.15) is 0 Å². The summed E-state index contributed by atoms with van der Waals surface area (Å²) in [5.74, 6) is -0.132. The van der Waals surface area contributed by atoms with E-state index >= 15 is 0 Å². The fraction of sp³-hybridized carbons (Fsp3) is 0.364. The Morgan fingerprint density at radius 3 is 2.81 bits per heavy atom. The van der Waals surface area contributed by atoms with E-state index in [1.165, 1.54) is 0 Å². The van der Waals surface area contributed by atoms with Gasteiger partial charge >= 0.3 is 0 Å². The van der Waals surface area contributed by atoms with Gasteiger partial charge in [-0.1, -0.05) is 12.1 Å². The SMILES string of the molecule is CC(O)CNCC(=O)Nc1ccccc1Br. The summed E-state index contributed by atoms with van der Waals surface area (Å²) in [7, 11) is 0. The van der Waals surface area contributed by atoms with Crippen LogP contribution in [0, 0.1) is 0 Å². The van der Waals surface area contributed by atoms with Crippen molar-refractivity contribution in [1.82, 2.24) is 5.32 Å². The van der Waals surface area contributed by atoms with Gasteiger partial charge in [-0.2, -0.15) is 0 Å². The third kappa shape index (κ3) is 4.74. The third-order valence-electron chi connectivity index (χ3n) is 1.87. The van der Waals surface area contributed by atoms with Gasteiger partial charge in [0.2, 0.25) is 5.91 Å².